The first-order valence-electron chi connectivity index (χ1n) is 10.2. The molecule has 3 atom stereocenters. The number of benzene rings is 1. The van der Waals surface area contributed by atoms with Gasteiger partial charge >= 0.3 is 5.97 Å². The molecule has 0 aliphatic rings. The highest BCUT2D eigenvalue weighted by atomic mass is 19.1. The third-order valence-electron chi connectivity index (χ3n) is 4.85. The standard InChI is InChI=1S/C23H29FN2O6/c1-12(2)21(15(5)31-17-8-7-16(24)11-13(17)3)32-23(29)14(4)26-22(28)19-20(27)18(30-6)9-10-25-19/h7-12,14-15,21,27H,1-6H3,(H,26,28)/t14-,15-,21-/m0/s1. The Morgan fingerprint density at radius 3 is 2.41 bits per heavy atom. The zero-order chi connectivity index (χ0) is 24.0. The van der Waals surface area contributed by atoms with E-state index in [0.29, 0.717) is 11.3 Å². The minimum atomic E-state index is -1.02. The van der Waals surface area contributed by atoms with Gasteiger partial charge in [0.15, 0.2) is 17.2 Å². The molecule has 0 saturated carbocycles. The van der Waals surface area contributed by atoms with Gasteiger partial charge < -0.3 is 24.6 Å². The Balaban J connectivity index is 2.06. The van der Waals surface area contributed by atoms with E-state index in [2.05, 4.69) is 10.3 Å². The summed E-state index contributed by atoms with van der Waals surface area (Å²) in [7, 11) is 1.35. The molecule has 1 aromatic heterocycles. The number of aromatic nitrogens is 1. The smallest absolute Gasteiger partial charge is 0.328 e. The Morgan fingerprint density at radius 2 is 1.81 bits per heavy atom. The molecule has 2 rings (SSSR count). The van der Waals surface area contributed by atoms with E-state index in [1.54, 1.807) is 13.8 Å². The minimum absolute atomic E-state index is 0.0855. The molecular formula is C23H29FN2O6. The van der Waals surface area contributed by atoms with Gasteiger partial charge in [-0.25, -0.2) is 14.2 Å². The molecular weight excluding hydrogens is 419 g/mol. The fourth-order valence-corrected chi connectivity index (χ4v) is 3.11. The number of halogens is 1. The van der Waals surface area contributed by atoms with Gasteiger partial charge in [0, 0.05) is 12.3 Å². The fraction of sp³-hybridized carbons (Fsp3) is 0.435. The minimum Gasteiger partial charge on any atom is -0.503 e. The summed E-state index contributed by atoms with van der Waals surface area (Å²) in [5, 5.41) is 12.5. The number of hydrogen-bond donors (Lipinski definition) is 2. The normalized spacial score (nSPS) is 13.8. The van der Waals surface area contributed by atoms with E-state index in [0.717, 1.165) is 0 Å². The highest BCUT2D eigenvalue weighted by Gasteiger charge is 2.30. The topological polar surface area (TPSA) is 107 Å². The Bertz CT molecular complexity index is 965. The number of aromatic hydroxyl groups is 1. The van der Waals surface area contributed by atoms with Crippen molar-refractivity contribution in [3.05, 3.63) is 47.5 Å². The zero-order valence-electron chi connectivity index (χ0n) is 19.0. The van der Waals surface area contributed by atoms with Gasteiger partial charge in [-0.3, -0.25) is 4.79 Å². The summed E-state index contributed by atoms with van der Waals surface area (Å²) >= 11 is 0. The van der Waals surface area contributed by atoms with Crippen LogP contribution in [-0.4, -0.2) is 47.3 Å². The van der Waals surface area contributed by atoms with Gasteiger partial charge in [-0.2, -0.15) is 0 Å². The lowest BCUT2D eigenvalue weighted by Crippen LogP contribution is -2.45. The van der Waals surface area contributed by atoms with Crippen molar-refractivity contribution >= 4 is 11.9 Å². The number of rotatable bonds is 9. The Kier molecular flexibility index (Phi) is 8.40. The van der Waals surface area contributed by atoms with Gasteiger partial charge in [-0.1, -0.05) is 13.8 Å². The van der Waals surface area contributed by atoms with Crippen molar-refractivity contribution in [2.24, 2.45) is 5.92 Å². The van der Waals surface area contributed by atoms with Crippen LogP contribution >= 0.6 is 0 Å². The van der Waals surface area contributed by atoms with Crippen molar-refractivity contribution in [3.63, 3.8) is 0 Å². The van der Waals surface area contributed by atoms with E-state index >= 15 is 0 Å². The van der Waals surface area contributed by atoms with Crippen LogP contribution in [0, 0.1) is 18.7 Å². The summed E-state index contributed by atoms with van der Waals surface area (Å²) in [6.45, 7) is 8.68. The van der Waals surface area contributed by atoms with E-state index < -0.39 is 35.9 Å². The number of esters is 1. The first kappa shape index (κ1) is 24.9. The van der Waals surface area contributed by atoms with Crippen LogP contribution in [0.5, 0.6) is 17.2 Å². The molecule has 32 heavy (non-hydrogen) atoms. The molecule has 1 aromatic carbocycles. The van der Waals surface area contributed by atoms with Crippen molar-refractivity contribution in [2.45, 2.75) is 52.9 Å². The Labute approximate surface area is 186 Å². The maximum absolute atomic E-state index is 13.3. The molecule has 2 aromatic rings. The van der Waals surface area contributed by atoms with Crippen LogP contribution in [0.1, 0.15) is 43.7 Å². The number of aryl methyl sites for hydroxylation is 1. The highest BCUT2D eigenvalue weighted by molar-refractivity contribution is 5.97. The third kappa shape index (κ3) is 6.09. The summed E-state index contributed by atoms with van der Waals surface area (Å²) in [6.07, 6.45) is 0.145. The highest BCUT2D eigenvalue weighted by Crippen LogP contribution is 2.27. The van der Waals surface area contributed by atoms with Crippen molar-refractivity contribution in [1.82, 2.24) is 10.3 Å². The molecule has 0 spiro atoms. The van der Waals surface area contributed by atoms with Crippen LogP contribution in [0.2, 0.25) is 0 Å². The zero-order valence-corrected chi connectivity index (χ0v) is 19.0. The Morgan fingerprint density at radius 1 is 1.12 bits per heavy atom. The summed E-state index contributed by atoms with van der Waals surface area (Å²) in [6, 6.07) is 4.57. The number of amides is 1. The maximum Gasteiger partial charge on any atom is 0.328 e. The number of ether oxygens (including phenoxy) is 3. The van der Waals surface area contributed by atoms with Gasteiger partial charge in [-0.05, 0) is 50.5 Å². The van der Waals surface area contributed by atoms with Crippen molar-refractivity contribution in [3.8, 4) is 17.2 Å². The number of carbonyl (C=O) groups excluding carboxylic acids is 2. The van der Waals surface area contributed by atoms with Crippen LogP contribution in [0.4, 0.5) is 4.39 Å². The largest absolute Gasteiger partial charge is 0.503 e. The maximum atomic E-state index is 13.3. The molecule has 174 valence electrons. The van der Waals surface area contributed by atoms with E-state index in [1.165, 1.54) is 44.5 Å². The predicted molar refractivity (Wildman–Crippen MR) is 115 cm³/mol. The van der Waals surface area contributed by atoms with Gasteiger partial charge in [0.1, 0.15) is 29.8 Å². The first-order valence-corrected chi connectivity index (χ1v) is 10.2. The summed E-state index contributed by atoms with van der Waals surface area (Å²) in [4.78, 5) is 28.9. The summed E-state index contributed by atoms with van der Waals surface area (Å²) in [5.74, 6) is -1.74. The molecule has 1 amide bonds. The lowest BCUT2D eigenvalue weighted by molar-refractivity contribution is -0.158. The average molecular weight is 448 g/mol. The second-order valence-electron chi connectivity index (χ2n) is 7.78. The number of pyridine rings is 1. The van der Waals surface area contributed by atoms with Gasteiger partial charge in [-0.15, -0.1) is 0 Å². The molecule has 8 nitrogen and oxygen atoms in total. The van der Waals surface area contributed by atoms with E-state index in [-0.39, 0.29) is 23.2 Å². The number of methoxy groups -OCH3 is 1. The summed E-state index contributed by atoms with van der Waals surface area (Å²) < 4.78 is 29.8. The molecule has 0 saturated heterocycles. The van der Waals surface area contributed by atoms with Crippen molar-refractivity contribution in [1.29, 1.82) is 0 Å². The molecule has 0 radical (unpaired) electrons. The monoisotopic (exact) mass is 448 g/mol. The average Bonchev–Trinajstić information content (AvgIpc) is 2.73. The quantitative estimate of drug-likeness (QED) is 0.566. The number of nitrogens with zero attached hydrogens (tertiary/aromatic N) is 1. The SMILES string of the molecule is COc1ccnc(C(=O)N[C@@H](C)C(=O)O[C@@H](C(C)C)[C@H](C)Oc2ccc(F)cc2C)c1O. The predicted octanol–water partition coefficient (Wildman–Crippen LogP) is 3.40. The number of carbonyl (C=O) groups is 2. The first-order chi connectivity index (χ1) is 15.0. The van der Waals surface area contributed by atoms with Crippen molar-refractivity contribution in [2.75, 3.05) is 7.11 Å². The third-order valence-corrected chi connectivity index (χ3v) is 4.85. The molecule has 9 heteroatoms. The molecule has 0 bridgehead atoms. The second-order valence-corrected chi connectivity index (χ2v) is 7.78. The molecule has 0 aliphatic carbocycles. The molecule has 0 unspecified atom stereocenters. The van der Waals surface area contributed by atoms with Crippen LogP contribution in [0.25, 0.3) is 0 Å². The Hall–Kier alpha value is -3.36. The van der Waals surface area contributed by atoms with Gasteiger partial charge in [0.25, 0.3) is 5.91 Å². The molecule has 2 N–H and O–H groups in total. The number of hydrogen-bond acceptors (Lipinski definition) is 7. The van der Waals surface area contributed by atoms with Gasteiger partial charge in [0.2, 0.25) is 0 Å². The van der Waals surface area contributed by atoms with E-state index in [9.17, 15) is 19.1 Å². The van der Waals surface area contributed by atoms with E-state index in [4.69, 9.17) is 14.2 Å². The molecule has 1 heterocycles. The van der Waals surface area contributed by atoms with Gasteiger partial charge in [0.05, 0.1) is 7.11 Å². The van der Waals surface area contributed by atoms with E-state index in [1.807, 2.05) is 13.8 Å². The number of nitrogens with one attached hydrogen (secondary N) is 1. The summed E-state index contributed by atoms with van der Waals surface area (Å²) in [5.41, 5.74) is 0.352. The van der Waals surface area contributed by atoms with Crippen LogP contribution in [0.3, 0.4) is 0 Å². The molecule has 0 aliphatic heterocycles. The second kappa shape index (κ2) is 10.8. The molecule has 0 fully saturated rings. The van der Waals surface area contributed by atoms with Crippen LogP contribution in [0.15, 0.2) is 30.5 Å². The fourth-order valence-electron chi connectivity index (χ4n) is 3.11. The van der Waals surface area contributed by atoms with Crippen LogP contribution < -0.4 is 14.8 Å². The van der Waals surface area contributed by atoms with Crippen LogP contribution in [-0.2, 0) is 9.53 Å². The lowest BCUT2D eigenvalue weighted by Gasteiger charge is -2.29. The van der Waals surface area contributed by atoms with Crippen molar-refractivity contribution < 1.29 is 33.3 Å². The lowest BCUT2D eigenvalue weighted by atomic mass is 10.0.